The van der Waals surface area contributed by atoms with Crippen LogP contribution in [-0.4, -0.2) is 40.4 Å². The third-order valence-electron chi connectivity index (χ3n) is 11.6. The fourth-order valence-electron chi connectivity index (χ4n) is 9.14. The zero-order valence-electron chi connectivity index (χ0n) is 25.4. The standard InChI is InChI=1S/C36H46N2O5/c1-35-18-16-27(40)21-25(35)10-13-28-29-14-15-32(36(29,2)19-17-30(28)35)38-33(41)31(20-23-8-11-26(39)12-9-23)37-34(42)43-22-24-6-4-3-5-7-24/h3-12,27-32,39-40H,13-22H2,1-2H3,(H,37,42)(H,38,41)/t27-,28-,29-,30-,31-,32+,35-,36-/m0/s1. The fraction of sp³-hybridized carbons (Fsp3) is 0.556. The SMILES string of the molecule is C[C@]12CC[C@H]3[C@@H](CC=C4C[C@@H](O)CC[C@@]43C)[C@@H]1CC[C@H]2NC(=O)[C@H](Cc1ccc(O)cc1)NC(=O)OCc1ccccc1. The number of hydrogen-bond acceptors (Lipinski definition) is 5. The number of carbonyl (C=O) groups is 2. The molecule has 0 bridgehead atoms. The number of alkyl carbamates (subject to hydrolysis) is 1. The van der Waals surface area contributed by atoms with Crippen LogP contribution in [0.2, 0.25) is 0 Å². The number of nitrogens with one attached hydrogen (secondary N) is 2. The van der Waals surface area contributed by atoms with Gasteiger partial charge in [-0.15, -0.1) is 0 Å². The highest BCUT2D eigenvalue weighted by Gasteiger charge is 2.59. The van der Waals surface area contributed by atoms with Crippen molar-refractivity contribution >= 4 is 12.0 Å². The average molecular weight is 587 g/mol. The lowest BCUT2D eigenvalue weighted by molar-refractivity contribution is -0.125. The van der Waals surface area contributed by atoms with E-state index in [2.05, 4.69) is 30.6 Å². The number of ether oxygens (including phenoxy) is 1. The summed E-state index contributed by atoms with van der Waals surface area (Å²) in [5, 5.41) is 26.3. The van der Waals surface area contributed by atoms with Gasteiger partial charge in [-0.3, -0.25) is 4.79 Å². The predicted octanol–water partition coefficient (Wildman–Crippen LogP) is 6.04. The Balaban J connectivity index is 1.15. The Morgan fingerprint density at radius 3 is 2.49 bits per heavy atom. The minimum Gasteiger partial charge on any atom is -0.508 e. The number of aliphatic hydroxyl groups excluding tert-OH is 1. The number of fused-ring (bicyclic) bond motifs is 5. The average Bonchev–Trinajstić information content (AvgIpc) is 3.33. The summed E-state index contributed by atoms with van der Waals surface area (Å²) in [6.45, 7) is 4.93. The number of aromatic hydroxyl groups is 1. The molecule has 230 valence electrons. The van der Waals surface area contributed by atoms with E-state index in [0.29, 0.717) is 24.2 Å². The van der Waals surface area contributed by atoms with Crippen molar-refractivity contribution in [2.24, 2.45) is 28.6 Å². The third-order valence-corrected chi connectivity index (χ3v) is 11.6. The molecular formula is C36H46N2O5. The number of carbonyl (C=O) groups excluding carboxylic acids is 2. The first kappa shape index (κ1) is 29.7. The molecule has 4 aliphatic carbocycles. The number of rotatable bonds is 7. The van der Waals surface area contributed by atoms with Gasteiger partial charge in [-0.2, -0.15) is 0 Å². The van der Waals surface area contributed by atoms with Crippen LogP contribution in [-0.2, 0) is 22.6 Å². The molecule has 2 aromatic rings. The van der Waals surface area contributed by atoms with Crippen molar-refractivity contribution in [1.82, 2.24) is 10.6 Å². The smallest absolute Gasteiger partial charge is 0.408 e. The van der Waals surface area contributed by atoms with Crippen molar-refractivity contribution in [2.75, 3.05) is 0 Å². The van der Waals surface area contributed by atoms with E-state index in [1.807, 2.05) is 30.3 Å². The van der Waals surface area contributed by atoms with Crippen molar-refractivity contribution < 1.29 is 24.5 Å². The van der Waals surface area contributed by atoms with E-state index in [1.165, 1.54) is 5.57 Å². The van der Waals surface area contributed by atoms with Crippen LogP contribution in [0.5, 0.6) is 5.75 Å². The van der Waals surface area contributed by atoms with Gasteiger partial charge in [0.1, 0.15) is 18.4 Å². The van der Waals surface area contributed by atoms with E-state index in [9.17, 15) is 19.8 Å². The Kier molecular flexibility index (Phi) is 8.29. The van der Waals surface area contributed by atoms with E-state index in [-0.39, 0.29) is 41.2 Å². The van der Waals surface area contributed by atoms with Gasteiger partial charge in [-0.05, 0) is 103 Å². The monoisotopic (exact) mass is 586 g/mol. The molecule has 3 fully saturated rings. The summed E-state index contributed by atoms with van der Waals surface area (Å²) in [5.74, 6) is 1.73. The first-order valence-corrected chi connectivity index (χ1v) is 16.1. The summed E-state index contributed by atoms with van der Waals surface area (Å²) in [6.07, 6.45) is 10.0. The molecule has 6 rings (SSSR count). The number of phenols is 1. The molecule has 3 saturated carbocycles. The van der Waals surface area contributed by atoms with Crippen LogP contribution in [0.1, 0.15) is 76.3 Å². The molecule has 7 nitrogen and oxygen atoms in total. The molecule has 0 aromatic heterocycles. The molecule has 8 atom stereocenters. The largest absolute Gasteiger partial charge is 0.508 e. The van der Waals surface area contributed by atoms with Gasteiger partial charge in [-0.25, -0.2) is 4.79 Å². The highest BCUT2D eigenvalue weighted by Crippen LogP contribution is 2.64. The Morgan fingerprint density at radius 2 is 1.72 bits per heavy atom. The molecular weight excluding hydrogens is 540 g/mol. The molecule has 2 amide bonds. The molecule has 4 N–H and O–H groups in total. The molecule has 0 radical (unpaired) electrons. The molecule has 0 spiro atoms. The van der Waals surface area contributed by atoms with E-state index >= 15 is 0 Å². The van der Waals surface area contributed by atoms with Crippen molar-refractivity contribution in [3.05, 3.63) is 77.4 Å². The number of benzene rings is 2. The number of phenolic OH excluding ortho intramolecular Hbond substituents is 1. The van der Waals surface area contributed by atoms with Gasteiger partial charge in [0.25, 0.3) is 0 Å². The minimum absolute atomic E-state index is 0.00359. The normalized spacial score (nSPS) is 33.7. The second-order valence-electron chi connectivity index (χ2n) is 14.0. The van der Waals surface area contributed by atoms with Crippen molar-refractivity contribution in [2.45, 2.75) is 96.4 Å². The Morgan fingerprint density at radius 1 is 0.953 bits per heavy atom. The number of hydrogen-bond donors (Lipinski definition) is 4. The summed E-state index contributed by atoms with van der Waals surface area (Å²) in [4.78, 5) is 26.7. The lowest BCUT2D eigenvalue weighted by Crippen LogP contribution is -2.56. The lowest BCUT2D eigenvalue weighted by atomic mass is 9.48. The fourth-order valence-corrected chi connectivity index (χ4v) is 9.14. The van der Waals surface area contributed by atoms with E-state index in [4.69, 9.17) is 4.74 Å². The zero-order valence-corrected chi connectivity index (χ0v) is 25.4. The molecule has 0 heterocycles. The summed E-state index contributed by atoms with van der Waals surface area (Å²) < 4.78 is 5.47. The maximum Gasteiger partial charge on any atom is 0.408 e. The number of aliphatic hydroxyl groups is 1. The zero-order chi connectivity index (χ0) is 30.2. The quantitative estimate of drug-likeness (QED) is 0.296. The maximum atomic E-state index is 13.9. The Bertz CT molecular complexity index is 1340. The molecule has 0 unspecified atom stereocenters. The van der Waals surface area contributed by atoms with Crippen molar-refractivity contribution in [1.29, 1.82) is 0 Å². The maximum absolute atomic E-state index is 13.9. The van der Waals surface area contributed by atoms with Gasteiger partial charge < -0.3 is 25.6 Å². The highest BCUT2D eigenvalue weighted by molar-refractivity contribution is 5.86. The highest BCUT2D eigenvalue weighted by atomic mass is 16.5. The van der Waals surface area contributed by atoms with Crippen LogP contribution in [0.3, 0.4) is 0 Å². The van der Waals surface area contributed by atoms with Crippen LogP contribution in [0.4, 0.5) is 4.79 Å². The van der Waals surface area contributed by atoms with Gasteiger partial charge >= 0.3 is 6.09 Å². The topological polar surface area (TPSA) is 108 Å². The predicted molar refractivity (Wildman–Crippen MR) is 165 cm³/mol. The van der Waals surface area contributed by atoms with Gasteiger partial charge in [0.2, 0.25) is 5.91 Å². The molecule has 2 aromatic carbocycles. The van der Waals surface area contributed by atoms with Gasteiger partial charge in [0, 0.05) is 12.5 Å². The first-order valence-electron chi connectivity index (χ1n) is 16.1. The van der Waals surface area contributed by atoms with E-state index in [0.717, 1.165) is 62.5 Å². The minimum atomic E-state index is -0.806. The van der Waals surface area contributed by atoms with Gasteiger partial charge in [-0.1, -0.05) is 68.0 Å². The second-order valence-corrected chi connectivity index (χ2v) is 14.0. The number of allylic oxidation sites excluding steroid dienone is 1. The lowest BCUT2D eigenvalue weighted by Gasteiger charge is -2.58. The van der Waals surface area contributed by atoms with Crippen LogP contribution >= 0.6 is 0 Å². The summed E-state index contributed by atoms with van der Waals surface area (Å²) in [5.41, 5.74) is 3.38. The van der Waals surface area contributed by atoms with E-state index < -0.39 is 12.1 Å². The Hall–Kier alpha value is -3.32. The Labute approximate surface area is 255 Å². The summed E-state index contributed by atoms with van der Waals surface area (Å²) in [7, 11) is 0. The first-order chi connectivity index (χ1) is 20.7. The summed E-state index contributed by atoms with van der Waals surface area (Å²) in [6, 6.07) is 15.4. The number of amides is 2. The summed E-state index contributed by atoms with van der Waals surface area (Å²) >= 11 is 0. The van der Waals surface area contributed by atoms with Crippen LogP contribution in [0.25, 0.3) is 0 Å². The molecule has 0 aliphatic heterocycles. The molecule has 0 saturated heterocycles. The van der Waals surface area contributed by atoms with Crippen LogP contribution < -0.4 is 10.6 Å². The molecule has 43 heavy (non-hydrogen) atoms. The van der Waals surface area contributed by atoms with Crippen LogP contribution in [0.15, 0.2) is 66.2 Å². The van der Waals surface area contributed by atoms with Crippen molar-refractivity contribution in [3.63, 3.8) is 0 Å². The molecule has 7 heteroatoms. The van der Waals surface area contributed by atoms with Gasteiger partial charge in [0.15, 0.2) is 0 Å². The van der Waals surface area contributed by atoms with Crippen LogP contribution in [0, 0.1) is 28.6 Å². The van der Waals surface area contributed by atoms with E-state index in [1.54, 1.807) is 24.3 Å². The second kappa shape index (κ2) is 12.0. The molecule has 4 aliphatic rings. The third kappa shape index (κ3) is 5.93. The van der Waals surface area contributed by atoms with Gasteiger partial charge in [0.05, 0.1) is 6.10 Å². The van der Waals surface area contributed by atoms with Crippen molar-refractivity contribution in [3.8, 4) is 5.75 Å².